The zero-order valence-electron chi connectivity index (χ0n) is 9.10. The molecule has 1 aromatic rings. The summed E-state index contributed by atoms with van der Waals surface area (Å²) >= 11 is 0. The van der Waals surface area contributed by atoms with Crippen molar-refractivity contribution in [1.29, 1.82) is 0 Å². The summed E-state index contributed by atoms with van der Waals surface area (Å²) in [6, 6.07) is 3.78. The maximum Gasteiger partial charge on any atom is 0.245 e. The Morgan fingerprint density at radius 2 is 1.79 bits per heavy atom. The summed E-state index contributed by atoms with van der Waals surface area (Å²) in [7, 11) is 0. The second-order valence-corrected chi connectivity index (χ2v) is 3.32. The van der Waals surface area contributed by atoms with Gasteiger partial charge in [-0.15, -0.1) is 0 Å². The maximum atomic E-state index is 11.9. The Labute approximate surface area is 85.3 Å². The lowest BCUT2D eigenvalue weighted by atomic mass is 10.3. The van der Waals surface area contributed by atoms with Crippen molar-refractivity contribution in [3.63, 3.8) is 0 Å². The van der Waals surface area contributed by atoms with Crippen LogP contribution in [0.2, 0.25) is 0 Å². The number of carbonyl (C=O) groups excluding carboxylic acids is 1. The third-order valence-electron chi connectivity index (χ3n) is 2.51. The fourth-order valence-corrected chi connectivity index (χ4v) is 1.53. The molecule has 0 bridgehead atoms. The van der Waals surface area contributed by atoms with Crippen LogP contribution in [0.25, 0.3) is 0 Å². The van der Waals surface area contributed by atoms with E-state index in [1.807, 2.05) is 54.8 Å². The van der Waals surface area contributed by atoms with Crippen molar-refractivity contribution in [3.8, 4) is 0 Å². The van der Waals surface area contributed by atoms with Crippen LogP contribution < -0.4 is 0 Å². The van der Waals surface area contributed by atoms with E-state index in [2.05, 4.69) is 0 Å². The van der Waals surface area contributed by atoms with Gasteiger partial charge < -0.3 is 9.47 Å². The largest absolute Gasteiger partial charge is 0.342 e. The van der Waals surface area contributed by atoms with Crippen molar-refractivity contribution in [1.82, 2.24) is 9.47 Å². The lowest BCUT2D eigenvalue weighted by Gasteiger charge is -2.23. The fraction of sp³-hybridized carbons (Fsp3) is 0.545. The fourth-order valence-electron chi connectivity index (χ4n) is 1.53. The first-order chi connectivity index (χ1) is 6.70. The summed E-state index contributed by atoms with van der Waals surface area (Å²) in [4.78, 5) is 13.8. The van der Waals surface area contributed by atoms with Crippen LogP contribution in [0.15, 0.2) is 24.5 Å². The molecule has 0 spiro atoms. The number of rotatable bonds is 4. The number of amides is 1. The molecule has 0 aliphatic carbocycles. The smallest absolute Gasteiger partial charge is 0.245 e. The van der Waals surface area contributed by atoms with Gasteiger partial charge in [0.25, 0.3) is 0 Å². The van der Waals surface area contributed by atoms with Crippen molar-refractivity contribution in [3.05, 3.63) is 24.5 Å². The van der Waals surface area contributed by atoms with Gasteiger partial charge in [0.15, 0.2) is 0 Å². The molecule has 0 saturated carbocycles. The van der Waals surface area contributed by atoms with Crippen molar-refractivity contribution < 1.29 is 4.79 Å². The summed E-state index contributed by atoms with van der Waals surface area (Å²) in [5.74, 6) is 0.186. The Hall–Kier alpha value is -1.25. The van der Waals surface area contributed by atoms with Crippen LogP contribution >= 0.6 is 0 Å². The zero-order valence-corrected chi connectivity index (χ0v) is 9.10. The van der Waals surface area contributed by atoms with E-state index in [4.69, 9.17) is 0 Å². The van der Waals surface area contributed by atoms with Gasteiger partial charge in [0, 0.05) is 25.5 Å². The highest BCUT2D eigenvalue weighted by Gasteiger charge is 2.18. The highest BCUT2D eigenvalue weighted by Crippen LogP contribution is 2.09. The molecule has 1 unspecified atom stereocenters. The number of likely N-dealkylation sites (N-methyl/N-ethyl adjacent to an activating group) is 1. The summed E-state index contributed by atoms with van der Waals surface area (Å²) in [5, 5.41) is 0. The molecule has 1 amide bonds. The number of nitrogens with zero attached hydrogens (tertiary/aromatic N) is 2. The number of carbonyl (C=O) groups is 1. The minimum atomic E-state index is -0.0927. The van der Waals surface area contributed by atoms with Crippen LogP contribution in [-0.4, -0.2) is 28.5 Å². The first kappa shape index (κ1) is 10.8. The third-order valence-corrected chi connectivity index (χ3v) is 2.51. The van der Waals surface area contributed by atoms with Crippen molar-refractivity contribution >= 4 is 5.91 Å². The minimum absolute atomic E-state index is 0.0927. The van der Waals surface area contributed by atoms with Gasteiger partial charge in [-0.25, -0.2) is 0 Å². The molecule has 78 valence electrons. The second kappa shape index (κ2) is 4.84. The average Bonchev–Trinajstić information content (AvgIpc) is 2.71. The number of hydrogen-bond acceptors (Lipinski definition) is 1. The molecule has 3 nitrogen and oxygen atoms in total. The average molecular weight is 194 g/mol. The van der Waals surface area contributed by atoms with Gasteiger partial charge in [-0.2, -0.15) is 0 Å². The van der Waals surface area contributed by atoms with E-state index < -0.39 is 0 Å². The molecule has 0 aliphatic heterocycles. The SMILES string of the molecule is CCN(CC)C(=O)C(C)n1cccc1. The summed E-state index contributed by atoms with van der Waals surface area (Å²) in [6.07, 6.45) is 3.85. The molecule has 3 heteroatoms. The molecule has 1 atom stereocenters. The first-order valence-electron chi connectivity index (χ1n) is 5.12. The molecule has 1 rings (SSSR count). The van der Waals surface area contributed by atoms with Gasteiger partial charge >= 0.3 is 0 Å². The predicted octanol–water partition coefficient (Wildman–Crippen LogP) is 1.92. The third kappa shape index (κ3) is 2.16. The van der Waals surface area contributed by atoms with Crippen LogP contribution in [0.4, 0.5) is 0 Å². The Balaban J connectivity index is 2.69. The quantitative estimate of drug-likeness (QED) is 0.719. The van der Waals surface area contributed by atoms with Crippen molar-refractivity contribution in [2.75, 3.05) is 13.1 Å². The Kier molecular flexibility index (Phi) is 3.74. The topological polar surface area (TPSA) is 25.2 Å². The van der Waals surface area contributed by atoms with Gasteiger partial charge in [-0.3, -0.25) is 4.79 Å². The molecule has 0 N–H and O–H groups in total. The highest BCUT2D eigenvalue weighted by molar-refractivity contribution is 5.80. The van der Waals surface area contributed by atoms with Gasteiger partial charge in [-0.05, 0) is 32.9 Å². The molecule has 0 saturated heterocycles. The van der Waals surface area contributed by atoms with Crippen LogP contribution in [0.3, 0.4) is 0 Å². The maximum absolute atomic E-state index is 11.9. The molecular formula is C11H18N2O. The van der Waals surface area contributed by atoms with E-state index in [1.165, 1.54) is 0 Å². The Morgan fingerprint density at radius 1 is 1.29 bits per heavy atom. The second-order valence-electron chi connectivity index (χ2n) is 3.32. The molecule has 1 heterocycles. The normalized spacial score (nSPS) is 12.5. The number of hydrogen-bond donors (Lipinski definition) is 0. The summed E-state index contributed by atoms with van der Waals surface area (Å²) < 4.78 is 1.93. The summed E-state index contributed by atoms with van der Waals surface area (Å²) in [5.41, 5.74) is 0. The first-order valence-corrected chi connectivity index (χ1v) is 5.12. The highest BCUT2D eigenvalue weighted by atomic mass is 16.2. The van der Waals surface area contributed by atoms with Crippen LogP contribution in [0, 0.1) is 0 Å². The van der Waals surface area contributed by atoms with E-state index in [9.17, 15) is 4.79 Å². The van der Waals surface area contributed by atoms with E-state index >= 15 is 0 Å². The Morgan fingerprint density at radius 3 is 2.21 bits per heavy atom. The van der Waals surface area contributed by atoms with Gasteiger partial charge in [0.1, 0.15) is 6.04 Å². The van der Waals surface area contributed by atoms with E-state index in [1.54, 1.807) is 0 Å². The van der Waals surface area contributed by atoms with Crippen LogP contribution in [0.5, 0.6) is 0 Å². The van der Waals surface area contributed by atoms with Crippen molar-refractivity contribution in [2.24, 2.45) is 0 Å². The zero-order chi connectivity index (χ0) is 10.6. The molecule has 0 fully saturated rings. The molecule has 1 aromatic heterocycles. The lowest BCUT2D eigenvalue weighted by Crippen LogP contribution is -2.35. The lowest BCUT2D eigenvalue weighted by molar-refractivity contribution is -0.133. The minimum Gasteiger partial charge on any atom is -0.342 e. The van der Waals surface area contributed by atoms with E-state index in [0.717, 1.165) is 13.1 Å². The molecule has 0 radical (unpaired) electrons. The molecular weight excluding hydrogens is 176 g/mol. The number of aromatic nitrogens is 1. The van der Waals surface area contributed by atoms with Gasteiger partial charge in [0.05, 0.1) is 0 Å². The standard InChI is InChI=1S/C11H18N2O/c1-4-12(5-2)11(14)10(3)13-8-6-7-9-13/h6-10H,4-5H2,1-3H3. The summed E-state index contributed by atoms with van der Waals surface area (Å²) in [6.45, 7) is 7.50. The van der Waals surface area contributed by atoms with Crippen molar-refractivity contribution in [2.45, 2.75) is 26.8 Å². The van der Waals surface area contributed by atoms with Crippen LogP contribution in [0.1, 0.15) is 26.8 Å². The molecule has 0 aliphatic rings. The Bertz CT molecular complexity index is 275. The molecule has 0 aromatic carbocycles. The predicted molar refractivity (Wildman–Crippen MR) is 57.1 cm³/mol. The van der Waals surface area contributed by atoms with E-state index in [-0.39, 0.29) is 11.9 Å². The molecule has 14 heavy (non-hydrogen) atoms. The van der Waals surface area contributed by atoms with E-state index in [0.29, 0.717) is 0 Å². The van der Waals surface area contributed by atoms with Gasteiger partial charge in [0.2, 0.25) is 5.91 Å². The van der Waals surface area contributed by atoms with Crippen LogP contribution in [-0.2, 0) is 4.79 Å². The van der Waals surface area contributed by atoms with Gasteiger partial charge in [-0.1, -0.05) is 0 Å². The monoisotopic (exact) mass is 194 g/mol.